The van der Waals surface area contributed by atoms with E-state index < -0.39 is 10.0 Å². The van der Waals surface area contributed by atoms with Gasteiger partial charge in [0.15, 0.2) is 5.96 Å². The van der Waals surface area contributed by atoms with Gasteiger partial charge in [0.1, 0.15) is 0 Å². The molecule has 0 unspecified atom stereocenters. The van der Waals surface area contributed by atoms with Crippen LogP contribution in [0.25, 0.3) is 0 Å². The van der Waals surface area contributed by atoms with Crippen molar-refractivity contribution in [3.63, 3.8) is 0 Å². The van der Waals surface area contributed by atoms with Crippen LogP contribution in [0.5, 0.6) is 0 Å². The first-order valence-electron chi connectivity index (χ1n) is 6.61. The molecule has 0 amide bonds. The highest BCUT2D eigenvalue weighted by molar-refractivity contribution is 7.99. The number of hydrogen-bond acceptors (Lipinski definition) is 4. The largest absolute Gasteiger partial charge is 0.370 e. The van der Waals surface area contributed by atoms with Crippen molar-refractivity contribution in [3.05, 3.63) is 0 Å². The summed E-state index contributed by atoms with van der Waals surface area (Å²) in [6.07, 6.45) is 0. The second kappa shape index (κ2) is 7.96. The quantitative estimate of drug-likeness (QED) is 0.553. The third kappa shape index (κ3) is 5.19. The topological polar surface area (TPSA) is 79.0 Å². The molecule has 1 rings (SSSR count). The van der Waals surface area contributed by atoms with Gasteiger partial charge in [0.05, 0.1) is 12.3 Å². The summed E-state index contributed by atoms with van der Waals surface area (Å²) in [5.41, 5.74) is 5.81. The second-order valence-corrected chi connectivity index (χ2v) is 7.55. The molecule has 0 aromatic rings. The third-order valence-electron chi connectivity index (χ3n) is 3.07. The van der Waals surface area contributed by atoms with Crippen molar-refractivity contribution in [2.75, 3.05) is 50.0 Å². The lowest BCUT2D eigenvalue weighted by molar-refractivity contribution is 0.443. The molecule has 0 atom stereocenters. The zero-order valence-corrected chi connectivity index (χ0v) is 13.3. The van der Waals surface area contributed by atoms with Crippen molar-refractivity contribution in [2.45, 2.75) is 13.8 Å². The summed E-state index contributed by atoms with van der Waals surface area (Å²) in [6, 6.07) is 0. The highest BCUT2D eigenvalue weighted by Gasteiger charge is 2.23. The SMILES string of the molecule is CCN(CC)C(N)=NCCS(=O)(=O)N1CCSCC1. The van der Waals surface area contributed by atoms with Crippen LogP contribution in [0.4, 0.5) is 0 Å². The van der Waals surface area contributed by atoms with Crippen molar-refractivity contribution in [3.8, 4) is 0 Å². The van der Waals surface area contributed by atoms with Crippen molar-refractivity contribution >= 4 is 27.7 Å². The molecule has 19 heavy (non-hydrogen) atoms. The van der Waals surface area contributed by atoms with Gasteiger partial charge in [-0.05, 0) is 13.8 Å². The van der Waals surface area contributed by atoms with Gasteiger partial charge in [-0.2, -0.15) is 11.8 Å². The predicted octanol–water partition coefficient (Wildman–Crippen LogP) is 0.0215. The second-order valence-electron chi connectivity index (χ2n) is 4.24. The molecule has 1 heterocycles. The van der Waals surface area contributed by atoms with Gasteiger partial charge in [0.2, 0.25) is 10.0 Å². The van der Waals surface area contributed by atoms with E-state index in [1.165, 1.54) is 0 Å². The van der Waals surface area contributed by atoms with E-state index >= 15 is 0 Å². The molecule has 1 saturated heterocycles. The maximum Gasteiger partial charge on any atom is 0.215 e. The Bertz CT molecular complexity index is 387. The monoisotopic (exact) mass is 308 g/mol. The Morgan fingerprint density at radius 2 is 1.89 bits per heavy atom. The summed E-state index contributed by atoms with van der Waals surface area (Å²) in [5.74, 6) is 2.22. The summed E-state index contributed by atoms with van der Waals surface area (Å²) in [7, 11) is -3.18. The fourth-order valence-electron chi connectivity index (χ4n) is 1.88. The summed E-state index contributed by atoms with van der Waals surface area (Å²) in [6.45, 7) is 7.00. The van der Waals surface area contributed by atoms with Gasteiger partial charge in [0.25, 0.3) is 0 Å². The Morgan fingerprint density at radius 3 is 2.42 bits per heavy atom. The van der Waals surface area contributed by atoms with Crippen molar-refractivity contribution in [1.29, 1.82) is 0 Å². The standard InChI is InChI=1S/C11H24N4O2S2/c1-3-14(4-2)11(12)13-5-10-19(16,17)15-6-8-18-9-7-15/h3-10H2,1-2H3,(H2,12,13). The van der Waals surface area contributed by atoms with E-state index in [1.807, 2.05) is 18.7 Å². The fourth-order valence-corrected chi connectivity index (χ4v) is 4.33. The van der Waals surface area contributed by atoms with Gasteiger partial charge < -0.3 is 10.6 Å². The predicted molar refractivity (Wildman–Crippen MR) is 82.1 cm³/mol. The summed E-state index contributed by atoms with van der Waals surface area (Å²) in [4.78, 5) is 6.06. The minimum absolute atomic E-state index is 0.0413. The molecule has 1 fully saturated rings. The Hall–Kier alpha value is -0.470. The molecule has 0 spiro atoms. The molecule has 112 valence electrons. The summed E-state index contributed by atoms with van der Waals surface area (Å²) in [5, 5.41) is 0. The minimum Gasteiger partial charge on any atom is -0.370 e. The van der Waals surface area contributed by atoms with E-state index in [2.05, 4.69) is 4.99 Å². The third-order valence-corrected chi connectivity index (χ3v) is 5.87. The Balaban J connectivity index is 2.48. The molecule has 0 aliphatic carbocycles. The molecule has 6 nitrogen and oxygen atoms in total. The lowest BCUT2D eigenvalue weighted by Gasteiger charge is -2.25. The van der Waals surface area contributed by atoms with Crippen LogP contribution in [0.3, 0.4) is 0 Å². The van der Waals surface area contributed by atoms with Crippen molar-refractivity contribution in [1.82, 2.24) is 9.21 Å². The number of nitrogens with zero attached hydrogens (tertiary/aromatic N) is 3. The number of nitrogens with two attached hydrogens (primary N) is 1. The van der Waals surface area contributed by atoms with Gasteiger partial charge in [0, 0.05) is 37.7 Å². The molecule has 0 bridgehead atoms. The highest BCUT2D eigenvalue weighted by atomic mass is 32.2. The Morgan fingerprint density at radius 1 is 1.32 bits per heavy atom. The van der Waals surface area contributed by atoms with Crippen LogP contribution in [-0.2, 0) is 10.0 Å². The zero-order chi connectivity index (χ0) is 14.3. The average Bonchev–Trinajstić information content (AvgIpc) is 2.41. The molecule has 1 aliphatic rings. The Kier molecular flexibility index (Phi) is 6.95. The number of thioether (sulfide) groups is 1. The molecule has 1 aliphatic heterocycles. The van der Waals surface area contributed by atoms with E-state index in [1.54, 1.807) is 16.1 Å². The van der Waals surface area contributed by atoms with Crippen LogP contribution in [0, 0.1) is 0 Å². The van der Waals surface area contributed by atoms with Crippen LogP contribution in [-0.4, -0.2) is 73.6 Å². The van der Waals surface area contributed by atoms with E-state index in [-0.39, 0.29) is 12.3 Å². The number of guanidine groups is 1. The van der Waals surface area contributed by atoms with Crippen molar-refractivity contribution in [2.24, 2.45) is 10.7 Å². The van der Waals surface area contributed by atoms with Crippen LogP contribution >= 0.6 is 11.8 Å². The van der Waals surface area contributed by atoms with Crippen molar-refractivity contribution < 1.29 is 8.42 Å². The summed E-state index contributed by atoms with van der Waals surface area (Å²) < 4.78 is 25.7. The average molecular weight is 308 g/mol. The van der Waals surface area contributed by atoms with E-state index in [0.717, 1.165) is 24.6 Å². The van der Waals surface area contributed by atoms with Crippen LogP contribution in [0.1, 0.15) is 13.8 Å². The smallest absolute Gasteiger partial charge is 0.215 e. The lowest BCUT2D eigenvalue weighted by atomic mass is 10.5. The molecule has 0 aromatic heterocycles. The number of hydrogen-bond donors (Lipinski definition) is 1. The van der Waals surface area contributed by atoms with Crippen LogP contribution in [0.2, 0.25) is 0 Å². The molecule has 0 radical (unpaired) electrons. The minimum atomic E-state index is -3.18. The fraction of sp³-hybridized carbons (Fsp3) is 0.909. The highest BCUT2D eigenvalue weighted by Crippen LogP contribution is 2.13. The molecular weight excluding hydrogens is 284 g/mol. The zero-order valence-electron chi connectivity index (χ0n) is 11.7. The number of rotatable bonds is 6. The Labute approximate surface area is 120 Å². The van der Waals surface area contributed by atoms with Gasteiger partial charge in [-0.3, -0.25) is 4.99 Å². The van der Waals surface area contributed by atoms with E-state index in [9.17, 15) is 8.42 Å². The molecule has 8 heteroatoms. The van der Waals surface area contributed by atoms with Gasteiger partial charge in [-0.25, -0.2) is 12.7 Å². The number of sulfonamides is 1. The van der Waals surface area contributed by atoms with Crippen LogP contribution in [0.15, 0.2) is 4.99 Å². The molecule has 2 N–H and O–H groups in total. The molecule has 0 aromatic carbocycles. The number of aliphatic imine (C=N–C) groups is 1. The molecular formula is C11H24N4O2S2. The van der Waals surface area contributed by atoms with Gasteiger partial charge >= 0.3 is 0 Å². The van der Waals surface area contributed by atoms with E-state index in [0.29, 0.717) is 19.0 Å². The van der Waals surface area contributed by atoms with Crippen LogP contribution < -0.4 is 5.73 Å². The normalized spacial score (nSPS) is 18.5. The van der Waals surface area contributed by atoms with Gasteiger partial charge in [-0.1, -0.05) is 0 Å². The first kappa shape index (κ1) is 16.6. The summed E-state index contributed by atoms with van der Waals surface area (Å²) >= 11 is 1.79. The van der Waals surface area contributed by atoms with E-state index in [4.69, 9.17) is 5.73 Å². The molecule has 0 saturated carbocycles. The maximum atomic E-state index is 12.1. The lowest BCUT2D eigenvalue weighted by Crippen LogP contribution is -2.40. The van der Waals surface area contributed by atoms with Gasteiger partial charge in [-0.15, -0.1) is 0 Å². The first-order chi connectivity index (χ1) is 9.01. The first-order valence-corrected chi connectivity index (χ1v) is 9.38. The maximum absolute atomic E-state index is 12.1.